The maximum Gasteiger partial charge on any atom is 0.324 e. The fourth-order valence-electron chi connectivity index (χ4n) is 3.67. The molecule has 1 N–H and O–H groups in total. The highest BCUT2D eigenvalue weighted by molar-refractivity contribution is 7.91. The summed E-state index contributed by atoms with van der Waals surface area (Å²) in [5.74, 6) is 1.37. The number of amides is 3. The minimum Gasteiger partial charge on any atom is -0.493 e. The van der Waals surface area contributed by atoms with E-state index in [1.54, 1.807) is 0 Å². The molecule has 7 nitrogen and oxygen atoms in total. The Labute approximate surface area is 179 Å². The van der Waals surface area contributed by atoms with E-state index in [4.69, 9.17) is 4.74 Å². The number of sulfone groups is 1. The molecule has 0 bridgehead atoms. The van der Waals surface area contributed by atoms with E-state index in [0.717, 1.165) is 23.5 Å². The summed E-state index contributed by atoms with van der Waals surface area (Å²) in [6, 6.07) is 5.64. The lowest BCUT2D eigenvalue weighted by Crippen LogP contribution is -2.29. The van der Waals surface area contributed by atoms with Crippen molar-refractivity contribution in [1.29, 1.82) is 0 Å². The van der Waals surface area contributed by atoms with E-state index in [9.17, 15) is 18.0 Å². The van der Waals surface area contributed by atoms with E-state index < -0.39 is 9.84 Å². The number of imide groups is 1. The Balaban J connectivity index is 1.42. The fraction of sp³-hybridized carbons (Fsp3) is 0.636. The molecular weight excluding hydrogens is 404 g/mol. The number of benzene rings is 1. The van der Waals surface area contributed by atoms with Crippen LogP contribution in [0.15, 0.2) is 18.2 Å². The van der Waals surface area contributed by atoms with Gasteiger partial charge in [0.05, 0.1) is 18.1 Å². The van der Waals surface area contributed by atoms with Gasteiger partial charge in [-0.2, -0.15) is 0 Å². The molecule has 0 unspecified atom stereocenters. The van der Waals surface area contributed by atoms with Gasteiger partial charge in [0.15, 0.2) is 9.84 Å². The van der Waals surface area contributed by atoms with Crippen molar-refractivity contribution in [2.75, 3.05) is 31.2 Å². The molecule has 8 heteroatoms. The Hall–Kier alpha value is -2.09. The van der Waals surface area contributed by atoms with Crippen LogP contribution >= 0.6 is 0 Å². The van der Waals surface area contributed by atoms with Crippen molar-refractivity contribution in [1.82, 2.24) is 10.2 Å². The van der Waals surface area contributed by atoms with Crippen molar-refractivity contribution in [2.24, 2.45) is 5.92 Å². The first-order valence-electron chi connectivity index (χ1n) is 10.8. The lowest BCUT2D eigenvalue weighted by molar-refractivity contribution is -0.118. The van der Waals surface area contributed by atoms with Gasteiger partial charge in [-0.15, -0.1) is 0 Å². The summed E-state index contributed by atoms with van der Waals surface area (Å²) in [5, 5.41) is 2.24. The van der Waals surface area contributed by atoms with Crippen LogP contribution in [0.2, 0.25) is 0 Å². The van der Waals surface area contributed by atoms with E-state index in [-0.39, 0.29) is 35.9 Å². The normalized spacial score (nSPS) is 17.9. The number of hydrogen-bond donors (Lipinski definition) is 1. The van der Waals surface area contributed by atoms with E-state index in [1.165, 1.54) is 17.7 Å². The molecule has 1 saturated heterocycles. The van der Waals surface area contributed by atoms with Crippen LogP contribution in [0.4, 0.5) is 4.79 Å². The number of carbonyl (C=O) groups is 2. The predicted octanol–water partition coefficient (Wildman–Crippen LogP) is 3.02. The summed E-state index contributed by atoms with van der Waals surface area (Å²) in [7, 11) is -3.18. The quantitative estimate of drug-likeness (QED) is 0.402. The molecular formula is C22H32N2O5S. The van der Waals surface area contributed by atoms with Crippen LogP contribution in [-0.2, 0) is 14.6 Å². The third-order valence-corrected chi connectivity index (χ3v) is 7.50. The van der Waals surface area contributed by atoms with E-state index >= 15 is 0 Å². The van der Waals surface area contributed by atoms with Gasteiger partial charge in [0.25, 0.3) is 0 Å². The van der Waals surface area contributed by atoms with Crippen molar-refractivity contribution < 1.29 is 22.7 Å². The molecule has 0 aromatic heterocycles. The largest absolute Gasteiger partial charge is 0.493 e. The van der Waals surface area contributed by atoms with Gasteiger partial charge >= 0.3 is 6.03 Å². The fourth-order valence-corrected chi connectivity index (χ4v) is 5.43. The van der Waals surface area contributed by atoms with Crippen LogP contribution in [0.3, 0.4) is 0 Å². The number of rotatable bonds is 12. The molecule has 1 aromatic rings. The molecule has 1 aliphatic carbocycles. The topological polar surface area (TPSA) is 92.8 Å². The van der Waals surface area contributed by atoms with Crippen LogP contribution in [-0.4, -0.2) is 56.5 Å². The van der Waals surface area contributed by atoms with Gasteiger partial charge in [-0.3, -0.25) is 10.1 Å². The van der Waals surface area contributed by atoms with Crippen molar-refractivity contribution in [3.8, 4) is 5.75 Å². The monoisotopic (exact) mass is 436 g/mol. The van der Waals surface area contributed by atoms with Crippen LogP contribution < -0.4 is 10.1 Å². The molecule has 1 atom stereocenters. The van der Waals surface area contributed by atoms with Gasteiger partial charge in [0, 0.05) is 6.54 Å². The zero-order chi connectivity index (χ0) is 21.7. The van der Waals surface area contributed by atoms with Crippen molar-refractivity contribution in [2.45, 2.75) is 51.9 Å². The summed E-state index contributed by atoms with van der Waals surface area (Å²) in [5.41, 5.74) is 2.07. The summed E-state index contributed by atoms with van der Waals surface area (Å²) < 4.78 is 31.0. The molecule has 30 heavy (non-hydrogen) atoms. The Kier molecular flexibility index (Phi) is 7.39. The smallest absolute Gasteiger partial charge is 0.324 e. The SMILES string of the molecule is Cc1cc(OCC2CC2)cc([C@@H](C)CS(=O)(=O)CCCCCN2CC(=O)NC2=O)c1. The molecule has 0 spiro atoms. The molecule has 3 rings (SSSR count). The van der Waals surface area contributed by atoms with Crippen LogP contribution in [0.1, 0.15) is 56.1 Å². The van der Waals surface area contributed by atoms with Gasteiger partial charge in [-0.1, -0.05) is 19.4 Å². The van der Waals surface area contributed by atoms with Gasteiger partial charge in [-0.05, 0) is 67.7 Å². The predicted molar refractivity (Wildman–Crippen MR) is 115 cm³/mol. The lowest BCUT2D eigenvalue weighted by Gasteiger charge is -2.16. The second-order valence-corrected chi connectivity index (χ2v) is 10.9. The minimum atomic E-state index is -3.18. The number of unbranched alkanes of at least 4 members (excludes halogenated alkanes) is 2. The first-order valence-corrected chi connectivity index (χ1v) is 12.6. The molecule has 3 amide bonds. The first-order chi connectivity index (χ1) is 14.2. The number of nitrogens with one attached hydrogen (secondary N) is 1. The minimum absolute atomic E-state index is 0.0947. The second kappa shape index (κ2) is 9.81. The zero-order valence-corrected chi connectivity index (χ0v) is 18.7. The van der Waals surface area contributed by atoms with E-state index in [2.05, 4.69) is 5.32 Å². The Morgan fingerprint density at radius 3 is 2.60 bits per heavy atom. The Morgan fingerprint density at radius 1 is 1.17 bits per heavy atom. The standard InChI is InChI=1S/C22H32N2O5S/c1-16-10-19(12-20(11-16)29-14-18-6-7-18)17(2)15-30(27,28)9-5-3-4-8-24-13-21(25)23-22(24)26/h10-12,17-18H,3-9,13-15H2,1-2H3,(H,23,25,26)/t17-/m0/s1. The highest BCUT2D eigenvalue weighted by Crippen LogP contribution is 2.31. The highest BCUT2D eigenvalue weighted by Gasteiger charge is 2.26. The summed E-state index contributed by atoms with van der Waals surface area (Å²) in [6.07, 6.45) is 4.41. The van der Waals surface area contributed by atoms with Gasteiger partial charge in [0.2, 0.25) is 5.91 Å². The molecule has 1 heterocycles. The second-order valence-electron chi connectivity index (χ2n) is 8.68. The third kappa shape index (κ3) is 7.00. The Bertz CT molecular complexity index is 880. The molecule has 2 aliphatic rings. The number of hydrogen-bond acceptors (Lipinski definition) is 5. The zero-order valence-electron chi connectivity index (χ0n) is 17.9. The van der Waals surface area contributed by atoms with E-state index in [0.29, 0.717) is 31.7 Å². The molecule has 0 radical (unpaired) electrons. The summed E-state index contributed by atoms with van der Waals surface area (Å²) in [6.45, 7) is 5.25. The highest BCUT2D eigenvalue weighted by atomic mass is 32.2. The molecule has 166 valence electrons. The average molecular weight is 437 g/mol. The first kappa shape index (κ1) is 22.6. The number of aryl methyl sites for hydroxylation is 1. The van der Waals surface area contributed by atoms with E-state index in [1.807, 2.05) is 32.0 Å². The van der Waals surface area contributed by atoms with Gasteiger partial charge in [-0.25, -0.2) is 13.2 Å². The van der Waals surface area contributed by atoms with Crippen molar-refractivity contribution >= 4 is 21.8 Å². The van der Waals surface area contributed by atoms with Crippen LogP contribution in [0.5, 0.6) is 5.75 Å². The van der Waals surface area contributed by atoms with Crippen LogP contribution in [0, 0.1) is 12.8 Å². The summed E-state index contributed by atoms with van der Waals surface area (Å²) >= 11 is 0. The maximum absolute atomic E-state index is 12.6. The number of urea groups is 1. The number of nitrogens with zero attached hydrogens (tertiary/aromatic N) is 1. The molecule has 1 aromatic carbocycles. The maximum atomic E-state index is 12.6. The van der Waals surface area contributed by atoms with Crippen molar-refractivity contribution in [3.05, 3.63) is 29.3 Å². The average Bonchev–Trinajstić information content (AvgIpc) is 3.43. The third-order valence-electron chi connectivity index (χ3n) is 5.58. The van der Waals surface area contributed by atoms with Crippen molar-refractivity contribution in [3.63, 3.8) is 0 Å². The molecule has 2 fully saturated rings. The molecule has 1 saturated carbocycles. The Morgan fingerprint density at radius 2 is 1.93 bits per heavy atom. The summed E-state index contributed by atoms with van der Waals surface area (Å²) in [4.78, 5) is 24.1. The number of ether oxygens (including phenoxy) is 1. The van der Waals surface area contributed by atoms with Crippen LogP contribution in [0.25, 0.3) is 0 Å². The van der Waals surface area contributed by atoms with Gasteiger partial charge in [0.1, 0.15) is 12.3 Å². The number of carbonyl (C=O) groups excluding carboxylic acids is 2. The van der Waals surface area contributed by atoms with Gasteiger partial charge < -0.3 is 9.64 Å². The lowest BCUT2D eigenvalue weighted by atomic mass is 10.0. The molecule has 1 aliphatic heterocycles.